The summed E-state index contributed by atoms with van der Waals surface area (Å²) in [4.78, 5) is 80.2. The van der Waals surface area contributed by atoms with Crippen molar-refractivity contribution in [1.29, 1.82) is 0 Å². The van der Waals surface area contributed by atoms with Gasteiger partial charge < -0.3 is 19.6 Å². The number of fused-ring (bicyclic) bond motifs is 1. The molecule has 7 aliphatic rings. The highest BCUT2D eigenvalue weighted by molar-refractivity contribution is 6.33. The average Bonchev–Trinajstić information content (AvgIpc) is 3.74. The topological polar surface area (TPSA) is 121 Å². The fourth-order valence-electron chi connectivity index (χ4n) is 10.9. The number of anilines is 3. The Bertz CT molecular complexity index is 2300. The zero-order valence-corrected chi connectivity index (χ0v) is 33.8. The molecule has 13 nitrogen and oxygen atoms in total. The van der Waals surface area contributed by atoms with Crippen LogP contribution in [-0.2, 0) is 9.59 Å². The summed E-state index contributed by atoms with van der Waals surface area (Å²) in [5, 5.41) is 2.76. The van der Waals surface area contributed by atoms with Crippen molar-refractivity contribution in [2.75, 3.05) is 80.1 Å². The number of hydrogen-bond donors (Lipinski definition) is 1. The number of imide groups is 2. The first-order chi connectivity index (χ1) is 28.5. The van der Waals surface area contributed by atoms with Gasteiger partial charge in [0.2, 0.25) is 17.5 Å². The summed E-state index contributed by atoms with van der Waals surface area (Å²) in [7, 11) is 0. The smallest absolute Gasteiger partial charge is 0.262 e. The van der Waals surface area contributed by atoms with E-state index in [0.29, 0.717) is 33.3 Å². The molecule has 0 bridgehead atoms. The van der Waals surface area contributed by atoms with E-state index in [9.17, 15) is 24.0 Å². The molecular formula is C45H47ClN8O5. The monoisotopic (exact) mass is 814 g/mol. The largest absolute Gasteiger partial charge is 0.371 e. The molecule has 0 aromatic heterocycles. The maximum atomic E-state index is 13.6. The molecule has 304 valence electrons. The third kappa shape index (κ3) is 6.61. The summed E-state index contributed by atoms with van der Waals surface area (Å²) in [6.45, 7) is 16.2. The highest BCUT2D eigenvalue weighted by Crippen LogP contribution is 2.52. The number of carbonyl (C=O) groups is 5. The first kappa shape index (κ1) is 37.8. The Morgan fingerprint density at radius 3 is 2.02 bits per heavy atom. The number of carbonyl (C=O) groups excluding carboxylic acids is 5. The molecule has 14 heteroatoms. The lowest BCUT2D eigenvalue weighted by atomic mass is 9.60. The van der Waals surface area contributed by atoms with E-state index in [1.807, 2.05) is 41.3 Å². The summed E-state index contributed by atoms with van der Waals surface area (Å²) >= 11 is 6.34. The van der Waals surface area contributed by atoms with Crippen molar-refractivity contribution >= 4 is 63.9 Å². The second-order valence-electron chi connectivity index (χ2n) is 17.9. The van der Waals surface area contributed by atoms with Crippen LogP contribution in [0.5, 0.6) is 0 Å². The van der Waals surface area contributed by atoms with Crippen molar-refractivity contribution in [1.82, 2.24) is 20.0 Å². The minimum absolute atomic E-state index is 0.0949. The molecule has 1 unspecified atom stereocenters. The van der Waals surface area contributed by atoms with Gasteiger partial charge in [-0.05, 0) is 98.5 Å². The van der Waals surface area contributed by atoms with Crippen molar-refractivity contribution in [2.24, 2.45) is 10.8 Å². The molecule has 59 heavy (non-hydrogen) atoms. The molecule has 6 heterocycles. The van der Waals surface area contributed by atoms with Crippen molar-refractivity contribution in [3.8, 4) is 0 Å². The van der Waals surface area contributed by atoms with Gasteiger partial charge in [-0.15, -0.1) is 0 Å². The molecule has 3 aromatic carbocycles. The molecule has 10 rings (SSSR count). The molecule has 5 saturated heterocycles. The van der Waals surface area contributed by atoms with Crippen LogP contribution in [0.25, 0.3) is 4.85 Å². The maximum absolute atomic E-state index is 13.6. The van der Waals surface area contributed by atoms with Gasteiger partial charge in [0.05, 0.1) is 17.7 Å². The van der Waals surface area contributed by atoms with Crippen molar-refractivity contribution in [3.63, 3.8) is 0 Å². The zero-order valence-electron chi connectivity index (χ0n) is 33.0. The van der Waals surface area contributed by atoms with Gasteiger partial charge in [0.25, 0.3) is 17.7 Å². The molecule has 3 aromatic rings. The molecule has 1 N–H and O–H groups in total. The minimum Gasteiger partial charge on any atom is -0.371 e. The van der Waals surface area contributed by atoms with Gasteiger partial charge in [-0.3, -0.25) is 39.1 Å². The Morgan fingerprint density at radius 2 is 1.34 bits per heavy atom. The summed E-state index contributed by atoms with van der Waals surface area (Å²) in [5.41, 5.74) is 5.55. The van der Waals surface area contributed by atoms with Gasteiger partial charge in [0.1, 0.15) is 6.04 Å². The van der Waals surface area contributed by atoms with Gasteiger partial charge in [0.15, 0.2) is 0 Å². The minimum atomic E-state index is -0.968. The molecular weight excluding hydrogens is 768 g/mol. The normalized spacial score (nSPS) is 24.0. The molecule has 1 atom stereocenters. The van der Waals surface area contributed by atoms with Crippen LogP contribution in [0.15, 0.2) is 60.7 Å². The van der Waals surface area contributed by atoms with Gasteiger partial charge >= 0.3 is 0 Å². The van der Waals surface area contributed by atoms with Crippen LogP contribution in [0.4, 0.5) is 22.7 Å². The van der Waals surface area contributed by atoms with Crippen LogP contribution in [0.2, 0.25) is 5.02 Å². The maximum Gasteiger partial charge on any atom is 0.262 e. The molecule has 1 aliphatic carbocycles. The van der Waals surface area contributed by atoms with E-state index in [2.05, 4.69) is 41.9 Å². The van der Waals surface area contributed by atoms with E-state index >= 15 is 0 Å². The molecule has 6 fully saturated rings. The van der Waals surface area contributed by atoms with E-state index in [0.717, 1.165) is 119 Å². The van der Waals surface area contributed by atoms with Gasteiger partial charge in [-0.25, -0.2) is 4.85 Å². The van der Waals surface area contributed by atoms with Crippen LogP contribution in [0, 0.1) is 17.4 Å². The van der Waals surface area contributed by atoms with Crippen LogP contribution >= 0.6 is 11.6 Å². The Hall–Kier alpha value is -5.45. The number of halogens is 1. The fourth-order valence-corrected chi connectivity index (χ4v) is 11.1. The Balaban J connectivity index is 0.670. The standard InChI is InChI=1S/C45H47ClN8O5/c1-47-37-9-7-32(23-36(37)46)52-17-14-44(26-52)12-15-49(16-13-44)30-4-2-29(3-5-30)41(57)51-20-18-50(19-21-51)33-24-45(25-33)27-53(28-45)31-6-8-34-35(22-31)43(59)54(42(34)58)38-10-11-39(55)48-40(38)56/h2-9,22-23,33,38H,10-21,24-28H2,(H,48,55,56). The van der Waals surface area contributed by atoms with E-state index in [1.54, 1.807) is 12.1 Å². The molecule has 0 radical (unpaired) electrons. The number of rotatable bonds is 6. The first-order valence-electron chi connectivity index (χ1n) is 20.9. The summed E-state index contributed by atoms with van der Waals surface area (Å²) in [6.07, 6.45) is 5.85. The second-order valence-corrected chi connectivity index (χ2v) is 18.3. The lowest BCUT2D eigenvalue weighted by Crippen LogP contribution is -2.68. The van der Waals surface area contributed by atoms with Crippen molar-refractivity contribution in [3.05, 3.63) is 93.8 Å². The predicted octanol–water partition coefficient (Wildman–Crippen LogP) is 5.22. The van der Waals surface area contributed by atoms with Crippen LogP contribution in [0.3, 0.4) is 0 Å². The SMILES string of the molecule is [C-]#[N+]c1ccc(N2CCC3(CCN(c4ccc(C(=O)N5CCN(C6CC7(C6)CN(c6ccc8c(c6)C(=O)N(C6CCC(=O)NC6=O)C8=O)C7)CC5)cc4)CC3)C2)cc1Cl. The van der Waals surface area contributed by atoms with E-state index in [-0.39, 0.29) is 30.1 Å². The molecule has 2 spiro atoms. The lowest BCUT2D eigenvalue weighted by Gasteiger charge is -2.62. The predicted molar refractivity (Wildman–Crippen MR) is 223 cm³/mol. The third-order valence-corrected chi connectivity index (χ3v) is 14.8. The molecule has 5 amide bonds. The highest BCUT2D eigenvalue weighted by atomic mass is 35.5. The number of piperidine rings is 2. The summed E-state index contributed by atoms with van der Waals surface area (Å²) < 4.78 is 0. The highest BCUT2D eigenvalue weighted by Gasteiger charge is 2.54. The van der Waals surface area contributed by atoms with E-state index in [1.165, 1.54) is 5.69 Å². The second kappa shape index (κ2) is 14.4. The number of amides is 5. The Kier molecular flexibility index (Phi) is 9.21. The number of hydrogen-bond acceptors (Lipinski definition) is 9. The van der Waals surface area contributed by atoms with Crippen molar-refractivity contribution in [2.45, 2.75) is 57.0 Å². The number of piperazine rings is 1. The number of nitrogens with one attached hydrogen (secondary N) is 1. The molecule has 1 saturated carbocycles. The van der Waals surface area contributed by atoms with Crippen LogP contribution < -0.4 is 20.0 Å². The van der Waals surface area contributed by atoms with Gasteiger partial charge in [-0.1, -0.05) is 17.7 Å². The van der Waals surface area contributed by atoms with E-state index in [4.69, 9.17) is 18.2 Å². The zero-order chi connectivity index (χ0) is 40.6. The van der Waals surface area contributed by atoms with E-state index < -0.39 is 23.8 Å². The van der Waals surface area contributed by atoms with Crippen LogP contribution in [0.1, 0.15) is 76.0 Å². The quantitative estimate of drug-likeness (QED) is 0.264. The third-order valence-electron chi connectivity index (χ3n) is 14.5. The molecule has 6 aliphatic heterocycles. The average molecular weight is 815 g/mol. The van der Waals surface area contributed by atoms with Gasteiger partial charge in [-0.2, -0.15) is 0 Å². The number of nitrogens with zero attached hydrogens (tertiary/aromatic N) is 7. The van der Waals surface area contributed by atoms with Crippen LogP contribution in [-0.4, -0.2) is 122 Å². The van der Waals surface area contributed by atoms with Gasteiger partial charge in [0, 0.05) is 111 Å². The fraction of sp³-hybridized carbons (Fsp3) is 0.467. The van der Waals surface area contributed by atoms with Crippen molar-refractivity contribution < 1.29 is 24.0 Å². The first-order valence-corrected chi connectivity index (χ1v) is 21.3. The summed E-state index contributed by atoms with van der Waals surface area (Å²) in [6, 6.07) is 18.8. The number of benzene rings is 3. The Labute approximate surface area is 348 Å². The summed E-state index contributed by atoms with van der Waals surface area (Å²) in [5.74, 6) is -1.86. The Morgan fingerprint density at radius 1 is 0.712 bits per heavy atom. The lowest BCUT2D eigenvalue weighted by molar-refractivity contribution is -0.136.